The maximum atomic E-state index is 11.9. The minimum absolute atomic E-state index is 0.162. The van der Waals surface area contributed by atoms with Crippen LogP contribution in [0.2, 0.25) is 0 Å². The van der Waals surface area contributed by atoms with Crippen LogP contribution in [-0.4, -0.2) is 18.4 Å². The van der Waals surface area contributed by atoms with E-state index in [1.54, 1.807) is 12.1 Å². The molecule has 0 heterocycles. The third kappa shape index (κ3) is 4.85. The molecule has 0 aliphatic heterocycles. The Morgan fingerprint density at radius 3 is 2.39 bits per heavy atom. The number of aryl methyl sites for hydroxylation is 2. The van der Waals surface area contributed by atoms with Gasteiger partial charge in [0.1, 0.15) is 5.75 Å². The lowest BCUT2D eigenvalue weighted by atomic mass is 10.1. The highest BCUT2D eigenvalue weighted by Crippen LogP contribution is 2.17. The first kappa shape index (κ1) is 16.5. The second kappa shape index (κ2) is 7.98. The van der Waals surface area contributed by atoms with Crippen molar-refractivity contribution in [2.45, 2.75) is 20.3 Å². The number of amides is 2. The summed E-state index contributed by atoms with van der Waals surface area (Å²) in [6.07, 6.45) is 0.821. The van der Waals surface area contributed by atoms with Crippen LogP contribution >= 0.6 is 0 Å². The number of hydrogen-bond donors (Lipinski definition) is 2. The molecule has 0 aromatic heterocycles. The van der Waals surface area contributed by atoms with Crippen molar-refractivity contribution in [2.24, 2.45) is 0 Å². The minimum Gasteiger partial charge on any atom is -0.483 e. The van der Waals surface area contributed by atoms with Gasteiger partial charge in [-0.15, -0.1) is 0 Å². The van der Waals surface area contributed by atoms with Gasteiger partial charge in [-0.1, -0.05) is 42.8 Å². The Kier molecular flexibility index (Phi) is 5.74. The fraction of sp³-hybridized carbons (Fsp3) is 0.222. The molecule has 0 saturated heterocycles. The number of rotatable bonds is 5. The summed E-state index contributed by atoms with van der Waals surface area (Å²) in [7, 11) is 0. The summed E-state index contributed by atoms with van der Waals surface area (Å²) in [6.45, 7) is 3.80. The van der Waals surface area contributed by atoms with Gasteiger partial charge in [-0.3, -0.25) is 20.4 Å². The molecule has 0 aliphatic carbocycles. The zero-order valence-corrected chi connectivity index (χ0v) is 13.3. The first-order valence-electron chi connectivity index (χ1n) is 7.46. The van der Waals surface area contributed by atoms with Gasteiger partial charge in [0.05, 0.1) is 0 Å². The van der Waals surface area contributed by atoms with Gasteiger partial charge in [0.15, 0.2) is 6.61 Å². The van der Waals surface area contributed by atoms with Crippen molar-refractivity contribution in [1.29, 1.82) is 0 Å². The van der Waals surface area contributed by atoms with Crippen LogP contribution in [0.3, 0.4) is 0 Å². The van der Waals surface area contributed by atoms with Crippen LogP contribution in [-0.2, 0) is 11.2 Å². The van der Waals surface area contributed by atoms with Gasteiger partial charge >= 0.3 is 0 Å². The molecular formula is C18H20N2O3. The Balaban J connectivity index is 1.81. The number of para-hydroxylation sites is 1. The Labute approximate surface area is 135 Å². The molecule has 5 nitrogen and oxygen atoms in total. The van der Waals surface area contributed by atoms with E-state index < -0.39 is 5.91 Å². The third-order valence-electron chi connectivity index (χ3n) is 3.34. The molecule has 0 bridgehead atoms. The van der Waals surface area contributed by atoms with Crippen molar-refractivity contribution >= 4 is 11.8 Å². The van der Waals surface area contributed by atoms with Crippen molar-refractivity contribution in [1.82, 2.24) is 10.9 Å². The van der Waals surface area contributed by atoms with E-state index in [4.69, 9.17) is 4.74 Å². The molecule has 2 N–H and O–H groups in total. The Bertz CT molecular complexity index is 681. The molecule has 0 spiro atoms. The molecule has 2 aromatic rings. The summed E-state index contributed by atoms with van der Waals surface area (Å²) in [5, 5.41) is 0. The van der Waals surface area contributed by atoms with Gasteiger partial charge < -0.3 is 4.74 Å². The fourth-order valence-corrected chi connectivity index (χ4v) is 2.02. The molecule has 0 fully saturated rings. The van der Waals surface area contributed by atoms with Gasteiger partial charge in [-0.25, -0.2) is 0 Å². The number of benzene rings is 2. The number of carbonyl (C=O) groups excluding carboxylic acids is 2. The van der Waals surface area contributed by atoms with Gasteiger partial charge in [-0.05, 0) is 37.1 Å². The summed E-state index contributed by atoms with van der Waals surface area (Å²) >= 11 is 0. The van der Waals surface area contributed by atoms with E-state index in [0.717, 1.165) is 17.5 Å². The van der Waals surface area contributed by atoms with Crippen molar-refractivity contribution < 1.29 is 14.3 Å². The Hall–Kier alpha value is -2.82. The lowest BCUT2D eigenvalue weighted by molar-refractivity contribution is -0.123. The van der Waals surface area contributed by atoms with Crippen LogP contribution in [0, 0.1) is 6.92 Å². The number of hydrogen-bond acceptors (Lipinski definition) is 3. The fourth-order valence-electron chi connectivity index (χ4n) is 2.02. The van der Waals surface area contributed by atoms with E-state index in [-0.39, 0.29) is 12.5 Å². The second-order valence-corrected chi connectivity index (χ2v) is 5.12. The summed E-state index contributed by atoms with van der Waals surface area (Å²) in [5.74, 6) is -0.112. The lowest BCUT2D eigenvalue weighted by Crippen LogP contribution is -2.43. The molecule has 23 heavy (non-hydrogen) atoms. The average Bonchev–Trinajstić information content (AvgIpc) is 2.58. The van der Waals surface area contributed by atoms with E-state index >= 15 is 0 Å². The second-order valence-electron chi connectivity index (χ2n) is 5.12. The summed E-state index contributed by atoms with van der Waals surface area (Å²) < 4.78 is 5.48. The van der Waals surface area contributed by atoms with Gasteiger partial charge in [0.25, 0.3) is 11.8 Å². The first-order valence-corrected chi connectivity index (χ1v) is 7.46. The lowest BCUT2D eigenvalue weighted by Gasteiger charge is -2.11. The maximum absolute atomic E-state index is 11.9. The molecule has 0 atom stereocenters. The zero-order valence-electron chi connectivity index (χ0n) is 13.3. The highest BCUT2D eigenvalue weighted by molar-refractivity contribution is 5.95. The number of hydrazine groups is 1. The van der Waals surface area contributed by atoms with Crippen molar-refractivity contribution in [2.75, 3.05) is 6.61 Å². The van der Waals surface area contributed by atoms with E-state index in [0.29, 0.717) is 11.3 Å². The molecular weight excluding hydrogens is 292 g/mol. The smallest absolute Gasteiger partial charge is 0.276 e. The van der Waals surface area contributed by atoms with E-state index in [1.807, 2.05) is 50.2 Å². The van der Waals surface area contributed by atoms with Crippen LogP contribution < -0.4 is 15.6 Å². The van der Waals surface area contributed by atoms with Crippen molar-refractivity contribution in [3.63, 3.8) is 0 Å². The van der Waals surface area contributed by atoms with E-state index in [1.165, 1.54) is 0 Å². The predicted molar refractivity (Wildman–Crippen MR) is 88.1 cm³/mol. The standard InChI is InChI=1S/C18H20N2O3/c1-3-14-6-4-5-7-16(14)23-12-17(21)19-20-18(22)15-10-8-13(2)9-11-15/h4-11H,3,12H2,1-2H3,(H,19,21)(H,20,22). The van der Waals surface area contributed by atoms with Gasteiger partial charge in [-0.2, -0.15) is 0 Å². The molecule has 0 aliphatic rings. The third-order valence-corrected chi connectivity index (χ3v) is 3.34. The first-order chi connectivity index (χ1) is 11.1. The molecule has 0 saturated carbocycles. The molecule has 5 heteroatoms. The average molecular weight is 312 g/mol. The van der Waals surface area contributed by atoms with Crippen molar-refractivity contribution in [3.05, 3.63) is 65.2 Å². The van der Waals surface area contributed by atoms with Crippen LogP contribution in [0.4, 0.5) is 0 Å². The predicted octanol–water partition coefficient (Wildman–Crippen LogP) is 2.40. The Morgan fingerprint density at radius 2 is 1.70 bits per heavy atom. The highest BCUT2D eigenvalue weighted by atomic mass is 16.5. The summed E-state index contributed by atoms with van der Waals surface area (Å²) in [4.78, 5) is 23.6. The molecule has 2 amide bonds. The quantitative estimate of drug-likeness (QED) is 0.833. The van der Waals surface area contributed by atoms with E-state index in [9.17, 15) is 9.59 Å². The zero-order chi connectivity index (χ0) is 16.7. The number of carbonyl (C=O) groups is 2. The SMILES string of the molecule is CCc1ccccc1OCC(=O)NNC(=O)c1ccc(C)cc1. The van der Waals surface area contributed by atoms with Gasteiger partial charge in [0.2, 0.25) is 0 Å². The maximum Gasteiger partial charge on any atom is 0.276 e. The summed E-state index contributed by atoms with van der Waals surface area (Å²) in [6, 6.07) is 14.6. The van der Waals surface area contributed by atoms with Crippen LogP contribution in [0.25, 0.3) is 0 Å². The highest BCUT2D eigenvalue weighted by Gasteiger charge is 2.08. The Morgan fingerprint density at radius 1 is 1.00 bits per heavy atom. The molecule has 2 rings (SSSR count). The van der Waals surface area contributed by atoms with E-state index in [2.05, 4.69) is 10.9 Å². The van der Waals surface area contributed by atoms with Crippen LogP contribution in [0.15, 0.2) is 48.5 Å². The molecule has 120 valence electrons. The molecule has 0 radical (unpaired) electrons. The topological polar surface area (TPSA) is 67.4 Å². The molecule has 0 unspecified atom stereocenters. The number of ether oxygens (including phenoxy) is 1. The van der Waals surface area contributed by atoms with Crippen LogP contribution in [0.1, 0.15) is 28.4 Å². The number of nitrogens with one attached hydrogen (secondary N) is 2. The largest absolute Gasteiger partial charge is 0.483 e. The normalized spacial score (nSPS) is 10.0. The minimum atomic E-state index is -0.420. The van der Waals surface area contributed by atoms with Crippen molar-refractivity contribution in [3.8, 4) is 5.75 Å². The monoisotopic (exact) mass is 312 g/mol. The van der Waals surface area contributed by atoms with Crippen LogP contribution in [0.5, 0.6) is 5.75 Å². The molecule has 2 aromatic carbocycles. The summed E-state index contributed by atoms with van der Waals surface area (Å²) in [5.41, 5.74) is 7.28. The van der Waals surface area contributed by atoms with Gasteiger partial charge in [0, 0.05) is 5.56 Å².